The van der Waals surface area contributed by atoms with E-state index in [9.17, 15) is 9.90 Å². The van der Waals surface area contributed by atoms with Crippen LogP contribution in [0.15, 0.2) is 12.1 Å². The third-order valence-corrected chi connectivity index (χ3v) is 2.82. The van der Waals surface area contributed by atoms with E-state index in [1.165, 1.54) is 12.1 Å². The lowest BCUT2D eigenvalue weighted by molar-refractivity contribution is -0.119. The van der Waals surface area contributed by atoms with Crippen molar-refractivity contribution in [2.45, 2.75) is 6.92 Å². The molecule has 1 rings (SSSR count). The molecule has 18 heavy (non-hydrogen) atoms. The minimum atomic E-state index is -0.186. The second-order valence-corrected chi connectivity index (χ2v) is 4.55. The number of amides is 1. The summed E-state index contributed by atoms with van der Waals surface area (Å²) in [4.78, 5) is 11.7. The van der Waals surface area contributed by atoms with Crippen LogP contribution < -0.4 is 10.6 Å². The molecular weight excluding hydrogens is 298 g/mol. The smallest absolute Gasteiger partial charge is 0.228 e. The van der Waals surface area contributed by atoms with E-state index in [1.54, 1.807) is 14.0 Å². The van der Waals surface area contributed by atoms with E-state index in [0.717, 1.165) is 0 Å². The highest BCUT2D eigenvalue weighted by molar-refractivity contribution is 6.37. The van der Waals surface area contributed by atoms with Crippen LogP contribution in [0, 0.1) is 5.92 Å². The van der Waals surface area contributed by atoms with Crippen LogP contribution in [0.5, 0.6) is 5.75 Å². The maximum Gasteiger partial charge on any atom is 0.228 e. The lowest BCUT2D eigenvalue weighted by Crippen LogP contribution is -2.28. The Labute approximate surface area is 122 Å². The fourth-order valence-electron chi connectivity index (χ4n) is 1.30. The highest BCUT2D eigenvalue weighted by Crippen LogP contribution is 2.34. The third-order valence-electron chi connectivity index (χ3n) is 2.24. The fourth-order valence-corrected chi connectivity index (χ4v) is 1.79. The van der Waals surface area contributed by atoms with Crippen molar-refractivity contribution in [3.05, 3.63) is 22.2 Å². The summed E-state index contributed by atoms with van der Waals surface area (Å²) in [5.41, 5.74) is 0.464. The molecule has 102 valence electrons. The zero-order valence-electron chi connectivity index (χ0n) is 9.96. The molecule has 0 aliphatic rings. The number of hydrogen-bond donors (Lipinski definition) is 3. The molecule has 0 heterocycles. The Balaban J connectivity index is 0.00000289. The van der Waals surface area contributed by atoms with Gasteiger partial charge in [-0.25, -0.2) is 0 Å². The summed E-state index contributed by atoms with van der Waals surface area (Å²) in [6.45, 7) is 2.38. The highest BCUT2D eigenvalue weighted by atomic mass is 35.5. The number of phenolic OH excluding ortho intramolecular Hbond substituents is 1. The molecule has 7 heteroatoms. The number of rotatable bonds is 4. The van der Waals surface area contributed by atoms with Crippen LogP contribution in [0.3, 0.4) is 0 Å². The first kappa shape index (κ1) is 17.3. The van der Waals surface area contributed by atoms with E-state index in [1.807, 2.05) is 0 Å². The topological polar surface area (TPSA) is 61.4 Å². The van der Waals surface area contributed by atoms with Gasteiger partial charge in [0.25, 0.3) is 0 Å². The number of phenols is 1. The molecule has 4 nitrogen and oxygen atoms in total. The van der Waals surface area contributed by atoms with Crippen molar-refractivity contribution in [2.24, 2.45) is 5.92 Å². The Kier molecular flexibility index (Phi) is 7.40. The van der Waals surface area contributed by atoms with Crippen LogP contribution in [-0.4, -0.2) is 24.6 Å². The largest absolute Gasteiger partial charge is 0.505 e. The summed E-state index contributed by atoms with van der Waals surface area (Å²) < 4.78 is 0. The van der Waals surface area contributed by atoms with Gasteiger partial charge >= 0.3 is 0 Å². The van der Waals surface area contributed by atoms with Crippen molar-refractivity contribution in [3.63, 3.8) is 0 Å². The predicted molar refractivity (Wildman–Crippen MR) is 77.1 cm³/mol. The van der Waals surface area contributed by atoms with Gasteiger partial charge in [0.05, 0.1) is 10.0 Å². The molecule has 0 spiro atoms. The van der Waals surface area contributed by atoms with Gasteiger partial charge in [-0.1, -0.05) is 30.1 Å². The van der Waals surface area contributed by atoms with Crippen LogP contribution in [-0.2, 0) is 4.79 Å². The molecule has 1 aromatic carbocycles. The summed E-state index contributed by atoms with van der Waals surface area (Å²) in [7, 11) is 1.78. The number of hydrogen-bond acceptors (Lipinski definition) is 3. The van der Waals surface area contributed by atoms with E-state index in [-0.39, 0.29) is 40.0 Å². The zero-order valence-corrected chi connectivity index (χ0v) is 12.3. The lowest BCUT2D eigenvalue weighted by atomic mass is 10.1. The van der Waals surface area contributed by atoms with Gasteiger partial charge in [0.2, 0.25) is 5.91 Å². The van der Waals surface area contributed by atoms with E-state index in [0.29, 0.717) is 12.2 Å². The first-order chi connectivity index (χ1) is 7.95. The Hall–Kier alpha value is -0.680. The van der Waals surface area contributed by atoms with Gasteiger partial charge in [0, 0.05) is 18.2 Å². The van der Waals surface area contributed by atoms with Crippen molar-refractivity contribution in [1.29, 1.82) is 0 Å². The number of nitrogens with one attached hydrogen (secondary N) is 2. The van der Waals surface area contributed by atoms with Crippen molar-refractivity contribution in [2.75, 3.05) is 18.9 Å². The number of halogens is 3. The molecule has 1 aromatic rings. The van der Waals surface area contributed by atoms with Crippen LogP contribution in [0.4, 0.5) is 5.69 Å². The molecule has 0 aliphatic carbocycles. The fraction of sp³-hybridized carbons (Fsp3) is 0.364. The van der Waals surface area contributed by atoms with Gasteiger partial charge in [0.1, 0.15) is 0 Å². The number of aromatic hydroxyl groups is 1. The minimum absolute atomic E-state index is 0. The van der Waals surface area contributed by atoms with Gasteiger partial charge in [-0.3, -0.25) is 4.79 Å². The van der Waals surface area contributed by atoms with E-state index in [4.69, 9.17) is 23.2 Å². The van der Waals surface area contributed by atoms with Crippen molar-refractivity contribution in [3.8, 4) is 5.75 Å². The van der Waals surface area contributed by atoms with Gasteiger partial charge in [-0.2, -0.15) is 0 Å². The molecule has 3 N–H and O–H groups in total. The number of carbonyl (C=O) groups is 1. The molecule has 0 aliphatic heterocycles. The summed E-state index contributed by atoms with van der Waals surface area (Å²) in [6.07, 6.45) is 0. The molecule has 1 atom stereocenters. The zero-order chi connectivity index (χ0) is 13.0. The van der Waals surface area contributed by atoms with Crippen molar-refractivity contribution >= 4 is 47.2 Å². The molecular formula is C11H15Cl3N2O2. The second kappa shape index (κ2) is 7.69. The van der Waals surface area contributed by atoms with E-state index < -0.39 is 0 Å². The molecule has 0 aromatic heterocycles. The van der Waals surface area contributed by atoms with E-state index >= 15 is 0 Å². The number of benzene rings is 1. The standard InChI is InChI=1S/C11H14Cl2N2O2.ClH/c1-6(5-14-2)11(17)15-7-3-8(12)10(16)9(13)4-7;/h3-4,6,14,16H,5H2,1-2H3,(H,15,17);1H. The first-order valence-corrected chi connectivity index (χ1v) is 5.84. The average molecular weight is 314 g/mol. The van der Waals surface area contributed by atoms with E-state index in [2.05, 4.69) is 10.6 Å². The molecule has 0 radical (unpaired) electrons. The number of carbonyl (C=O) groups excluding carboxylic acids is 1. The van der Waals surface area contributed by atoms with Crippen molar-refractivity contribution in [1.82, 2.24) is 5.32 Å². The molecule has 1 unspecified atom stereocenters. The SMILES string of the molecule is CNCC(C)C(=O)Nc1cc(Cl)c(O)c(Cl)c1.Cl. The van der Waals surface area contributed by atoms with Gasteiger partial charge in [-0.15, -0.1) is 12.4 Å². The summed E-state index contributed by atoms with van der Waals surface area (Å²) in [5.74, 6) is -0.502. The Morgan fingerprint density at radius 1 is 1.39 bits per heavy atom. The Morgan fingerprint density at radius 2 is 1.89 bits per heavy atom. The molecule has 1 amide bonds. The molecule has 0 bridgehead atoms. The van der Waals surface area contributed by atoms with Crippen LogP contribution in [0.1, 0.15) is 6.92 Å². The second-order valence-electron chi connectivity index (χ2n) is 3.74. The highest BCUT2D eigenvalue weighted by Gasteiger charge is 2.13. The van der Waals surface area contributed by atoms with Crippen LogP contribution in [0.25, 0.3) is 0 Å². The quantitative estimate of drug-likeness (QED) is 0.749. The van der Waals surface area contributed by atoms with Gasteiger partial charge in [0.15, 0.2) is 5.75 Å². The third kappa shape index (κ3) is 4.53. The molecule has 0 fully saturated rings. The average Bonchev–Trinajstić information content (AvgIpc) is 2.26. The Morgan fingerprint density at radius 3 is 2.33 bits per heavy atom. The molecule has 0 saturated carbocycles. The van der Waals surface area contributed by atoms with Gasteiger partial charge in [-0.05, 0) is 19.2 Å². The normalized spacial score (nSPS) is 11.6. The summed E-state index contributed by atoms with van der Waals surface area (Å²) in [6, 6.07) is 2.90. The van der Waals surface area contributed by atoms with Crippen molar-refractivity contribution < 1.29 is 9.90 Å². The maximum absolute atomic E-state index is 11.7. The summed E-state index contributed by atoms with van der Waals surface area (Å²) in [5, 5.41) is 15.2. The number of anilines is 1. The predicted octanol–water partition coefficient (Wildman–Crippen LogP) is 2.91. The van der Waals surface area contributed by atoms with Crippen LogP contribution >= 0.6 is 35.6 Å². The Bertz CT molecular complexity index is 404. The van der Waals surface area contributed by atoms with Crippen LogP contribution in [0.2, 0.25) is 10.0 Å². The molecule has 0 saturated heterocycles. The first-order valence-electron chi connectivity index (χ1n) is 5.09. The maximum atomic E-state index is 11.7. The summed E-state index contributed by atoms with van der Waals surface area (Å²) >= 11 is 11.5. The lowest BCUT2D eigenvalue weighted by Gasteiger charge is -2.12. The minimum Gasteiger partial charge on any atom is -0.505 e. The monoisotopic (exact) mass is 312 g/mol. The van der Waals surface area contributed by atoms with Gasteiger partial charge < -0.3 is 15.7 Å².